The molecule has 0 aromatic carbocycles. The van der Waals surface area contributed by atoms with Gasteiger partial charge in [0.25, 0.3) is 0 Å². The van der Waals surface area contributed by atoms with Crippen LogP contribution in [0.2, 0.25) is 0 Å². The molecule has 0 aliphatic carbocycles. The summed E-state index contributed by atoms with van der Waals surface area (Å²) in [6, 6.07) is 0. The summed E-state index contributed by atoms with van der Waals surface area (Å²) in [5.41, 5.74) is 0. The number of H-pyrrole nitrogens is 1. The molecule has 0 saturated carbocycles. The largest absolute Gasteiger partial charge is 0.377 e. The topological polar surface area (TPSA) is 182 Å². The quantitative estimate of drug-likeness (QED) is 0.113. The van der Waals surface area contributed by atoms with Gasteiger partial charge in [0, 0.05) is 25.8 Å². The van der Waals surface area contributed by atoms with Crippen LogP contribution in [0.15, 0.2) is 0 Å². The lowest BCUT2D eigenvalue weighted by Crippen LogP contribution is -2.33. The maximum Gasteiger partial charge on any atom is 0.234 e. The van der Waals surface area contributed by atoms with E-state index in [-0.39, 0.29) is 49.9 Å². The molecule has 0 unspecified atom stereocenters. The molecule has 0 fully saturated rings. The average Bonchev–Trinajstić information content (AvgIpc) is 3.45. The molecule has 0 atom stereocenters. The fourth-order valence-corrected chi connectivity index (χ4v) is 5.37. The maximum absolute atomic E-state index is 12.1. The minimum Gasteiger partial charge on any atom is -0.377 e. The summed E-state index contributed by atoms with van der Waals surface area (Å²) in [6.07, 6.45) is 16.2. The number of unbranched alkanes of at least 4 members (excludes halogenated alkanes) is 12. The van der Waals surface area contributed by atoms with E-state index < -0.39 is 15.9 Å². The van der Waals surface area contributed by atoms with Crippen molar-refractivity contribution in [2.24, 2.45) is 0 Å². The van der Waals surface area contributed by atoms with Gasteiger partial charge in [-0.2, -0.15) is 0 Å². The number of carbonyl (C=O) groups is 3. The summed E-state index contributed by atoms with van der Waals surface area (Å²) in [5, 5.41) is 16.5. The molecular formula is C28H52N6O7S. The van der Waals surface area contributed by atoms with Crippen LogP contribution in [0.4, 0.5) is 0 Å². The van der Waals surface area contributed by atoms with E-state index in [1.54, 1.807) is 0 Å². The van der Waals surface area contributed by atoms with E-state index in [1.165, 1.54) is 58.3 Å². The predicted molar refractivity (Wildman–Crippen MR) is 159 cm³/mol. The molecule has 1 aromatic heterocycles. The van der Waals surface area contributed by atoms with Crippen molar-refractivity contribution < 1.29 is 32.3 Å². The number of aromatic amines is 1. The normalized spacial score (nSPS) is 11.5. The lowest BCUT2D eigenvalue weighted by Gasteiger charge is -2.08. The number of ketones is 1. The van der Waals surface area contributed by atoms with E-state index in [2.05, 4.69) is 30.7 Å². The van der Waals surface area contributed by atoms with Gasteiger partial charge in [0.2, 0.25) is 21.8 Å². The summed E-state index contributed by atoms with van der Waals surface area (Å²) < 4.78 is 36.7. The Labute approximate surface area is 251 Å². The number of rotatable bonds is 29. The van der Waals surface area contributed by atoms with E-state index in [4.69, 9.17) is 9.47 Å². The van der Waals surface area contributed by atoms with Gasteiger partial charge < -0.3 is 14.8 Å². The molecule has 42 heavy (non-hydrogen) atoms. The number of ether oxygens (including phenoxy) is 2. The van der Waals surface area contributed by atoms with Crippen LogP contribution >= 0.6 is 0 Å². The summed E-state index contributed by atoms with van der Waals surface area (Å²) in [7, 11) is -3.75. The second kappa shape index (κ2) is 25.1. The summed E-state index contributed by atoms with van der Waals surface area (Å²) >= 11 is 0. The number of sulfonamides is 1. The molecule has 0 saturated heterocycles. The van der Waals surface area contributed by atoms with Crippen LogP contribution in [0.3, 0.4) is 0 Å². The summed E-state index contributed by atoms with van der Waals surface area (Å²) in [6.45, 7) is 2.68. The molecule has 3 N–H and O–H groups in total. The molecule has 2 amide bonds. The number of aromatic nitrogens is 4. The van der Waals surface area contributed by atoms with Crippen molar-refractivity contribution in [3.8, 4) is 0 Å². The molecule has 0 aliphatic heterocycles. The number of tetrazole rings is 1. The minimum absolute atomic E-state index is 0.0421. The van der Waals surface area contributed by atoms with Crippen LogP contribution in [-0.2, 0) is 40.3 Å². The van der Waals surface area contributed by atoms with Crippen LogP contribution in [0.25, 0.3) is 0 Å². The number of aryl methyl sites for hydroxylation is 1. The molecular weight excluding hydrogens is 564 g/mol. The lowest BCUT2D eigenvalue weighted by molar-refractivity contribution is -0.123. The van der Waals surface area contributed by atoms with Gasteiger partial charge in [-0.05, 0) is 36.6 Å². The highest BCUT2D eigenvalue weighted by Gasteiger charge is 2.15. The lowest BCUT2D eigenvalue weighted by atomic mass is 10.0. The predicted octanol–water partition coefficient (Wildman–Crippen LogP) is 3.17. The zero-order valence-electron chi connectivity index (χ0n) is 25.4. The van der Waals surface area contributed by atoms with Crippen LogP contribution in [-0.4, -0.2) is 85.4 Å². The first-order chi connectivity index (χ1) is 20.3. The number of carbonyl (C=O) groups excluding carboxylic acids is 3. The van der Waals surface area contributed by atoms with Gasteiger partial charge in [-0.1, -0.05) is 70.6 Å². The van der Waals surface area contributed by atoms with Crippen molar-refractivity contribution >= 4 is 27.6 Å². The van der Waals surface area contributed by atoms with Crippen molar-refractivity contribution in [1.82, 2.24) is 30.7 Å². The highest BCUT2D eigenvalue weighted by molar-refractivity contribution is 7.90. The van der Waals surface area contributed by atoms with E-state index in [1.807, 2.05) is 0 Å². The number of hydrogen-bond acceptors (Lipinski definition) is 10. The van der Waals surface area contributed by atoms with E-state index >= 15 is 0 Å². The molecule has 0 spiro atoms. The Kier molecular flexibility index (Phi) is 22.4. The highest BCUT2D eigenvalue weighted by Crippen LogP contribution is 2.13. The van der Waals surface area contributed by atoms with Gasteiger partial charge in [0.15, 0.2) is 5.78 Å². The van der Waals surface area contributed by atoms with Crippen LogP contribution in [0.1, 0.15) is 115 Å². The summed E-state index contributed by atoms with van der Waals surface area (Å²) in [5.74, 6) is -0.239. The highest BCUT2D eigenvalue weighted by atomic mass is 32.2. The molecule has 14 heteroatoms. The van der Waals surface area contributed by atoms with Gasteiger partial charge in [0.05, 0.1) is 25.6 Å². The number of amides is 2. The Bertz CT molecular complexity index is 945. The number of Topliss-reactive ketones (excluding diaryl/α,β-unsaturated/α-hetero) is 1. The third-order valence-corrected chi connectivity index (χ3v) is 7.90. The molecule has 1 rings (SSSR count). The molecule has 13 nitrogen and oxygen atoms in total. The molecule has 0 radical (unpaired) electrons. The van der Waals surface area contributed by atoms with Crippen LogP contribution in [0.5, 0.6) is 0 Å². The van der Waals surface area contributed by atoms with Gasteiger partial charge in [-0.25, -0.2) is 13.5 Å². The zero-order chi connectivity index (χ0) is 30.7. The summed E-state index contributed by atoms with van der Waals surface area (Å²) in [4.78, 5) is 34.6. The third kappa shape index (κ3) is 24.2. The Morgan fingerprint density at radius 3 is 1.90 bits per heavy atom. The molecule has 1 aromatic rings. The third-order valence-electron chi connectivity index (χ3n) is 6.54. The van der Waals surface area contributed by atoms with Crippen LogP contribution in [0, 0.1) is 0 Å². The zero-order valence-corrected chi connectivity index (χ0v) is 26.2. The van der Waals surface area contributed by atoms with Gasteiger partial charge in [-0.3, -0.25) is 19.1 Å². The molecule has 242 valence electrons. The molecule has 1 heterocycles. The van der Waals surface area contributed by atoms with Crippen molar-refractivity contribution in [2.75, 3.05) is 38.7 Å². The van der Waals surface area contributed by atoms with Crippen molar-refractivity contribution in [2.45, 2.75) is 116 Å². The minimum atomic E-state index is -3.75. The fourth-order valence-electron chi connectivity index (χ4n) is 4.29. The van der Waals surface area contributed by atoms with Crippen molar-refractivity contribution in [3.05, 3.63) is 5.82 Å². The number of hydrogen-bond donors (Lipinski definition) is 3. The standard InChI is InChI=1S/C28H52N6O7S/c1-25(35)24-41-22-21-40-20-19-29-27(36)18-15-23-42(38,39)32-28(37)17-14-12-10-8-6-4-2-3-5-7-9-11-13-16-26-30-33-34-31-26/h2-24H2,1H3,(H,29,36)(H,32,37)(H,30,31,33,34). The maximum atomic E-state index is 12.1. The SMILES string of the molecule is CC(=O)COCCOCCNC(=O)CCCS(=O)(=O)NC(=O)CCCCCCCCCCCCCCCc1nnn[nH]1. The second-order valence-electron chi connectivity index (χ2n) is 10.6. The fraction of sp³-hybridized carbons (Fsp3) is 0.857. The second-order valence-corrected chi connectivity index (χ2v) is 12.5. The first-order valence-corrected chi connectivity index (χ1v) is 17.1. The Morgan fingerprint density at radius 1 is 0.738 bits per heavy atom. The van der Waals surface area contributed by atoms with Crippen molar-refractivity contribution in [1.29, 1.82) is 0 Å². The first kappa shape index (κ1) is 37.6. The van der Waals surface area contributed by atoms with E-state index in [0.717, 1.165) is 37.9 Å². The molecule has 0 aliphatic rings. The average molecular weight is 617 g/mol. The van der Waals surface area contributed by atoms with E-state index in [9.17, 15) is 22.8 Å². The Hall–Kier alpha value is -2.45. The van der Waals surface area contributed by atoms with Crippen molar-refractivity contribution in [3.63, 3.8) is 0 Å². The number of nitrogens with one attached hydrogen (secondary N) is 3. The Balaban J connectivity index is 1.86. The number of nitrogens with zero attached hydrogens (tertiary/aromatic N) is 3. The monoisotopic (exact) mass is 616 g/mol. The van der Waals surface area contributed by atoms with Crippen LogP contribution < -0.4 is 10.0 Å². The van der Waals surface area contributed by atoms with Gasteiger partial charge >= 0.3 is 0 Å². The van der Waals surface area contributed by atoms with Gasteiger partial charge in [0.1, 0.15) is 12.4 Å². The first-order valence-electron chi connectivity index (χ1n) is 15.5. The van der Waals surface area contributed by atoms with E-state index in [0.29, 0.717) is 26.2 Å². The Morgan fingerprint density at radius 2 is 1.31 bits per heavy atom. The van der Waals surface area contributed by atoms with Gasteiger partial charge in [-0.15, -0.1) is 5.10 Å². The molecule has 0 bridgehead atoms. The smallest absolute Gasteiger partial charge is 0.234 e.